The minimum atomic E-state index is -0.486. The topological polar surface area (TPSA) is 41.6 Å². The average molecular weight is 348 g/mol. The molecule has 1 aliphatic heterocycles. The lowest BCUT2D eigenvalue weighted by Crippen LogP contribution is -2.40. The second kappa shape index (κ2) is 7.89. The van der Waals surface area contributed by atoms with E-state index in [1.165, 1.54) is 12.1 Å². The van der Waals surface area contributed by atoms with Gasteiger partial charge in [-0.3, -0.25) is 0 Å². The van der Waals surface area contributed by atoms with Crippen LogP contribution in [0.25, 0.3) is 5.57 Å². The number of hydrogen-bond donors (Lipinski definition) is 1. The van der Waals surface area contributed by atoms with Crippen LogP contribution in [0.4, 0.5) is 14.9 Å². The lowest BCUT2D eigenvalue weighted by molar-refractivity contribution is 0.0223. The van der Waals surface area contributed by atoms with E-state index in [4.69, 9.17) is 4.74 Å². The summed E-state index contributed by atoms with van der Waals surface area (Å²) in [4.78, 5) is 14.1. The molecule has 1 aromatic carbocycles. The smallest absolute Gasteiger partial charge is 0.410 e. The first kappa shape index (κ1) is 19.3. The summed E-state index contributed by atoms with van der Waals surface area (Å²) in [6.45, 7) is 12.9. The third-order valence-corrected chi connectivity index (χ3v) is 4.24. The van der Waals surface area contributed by atoms with Crippen molar-refractivity contribution < 1.29 is 13.9 Å². The van der Waals surface area contributed by atoms with Crippen LogP contribution < -0.4 is 5.32 Å². The molecule has 2 rings (SSSR count). The lowest BCUT2D eigenvalue weighted by Gasteiger charge is -2.28. The predicted molar refractivity (Wildman–Crippen MR) is 100 cm³/mol. The number of amides is 1. The van der Waals surface area contributed by atoms with Gasteiger partial charge in [0, 0.05) is 30.4 Å². The Morgan fingerprint density at radius 2 is 2.16 bits per heavy atom. The van der Waals surface area contributed by atoms with Crippen LogP contribution in [0.1, 0.15) is 52.5 Å². The fraction of sp³-hybridized carbons (Fsp3) is 0.550. The molecule has 1 atom stereocenters. The zero-order chi connectivity index (χ0) is 18.6. The van der Waals surface area contributed by atoms with Gasteiger partial charge < -0.3 is 15.0 Å². The van der Waals surface area contributed by atoms with Gasteiger partial charge in [0.1, 0.15) is 11.4 Å². The molecule has 1 N–H and O–H groups in total. The van der Waals surface area contributed by atoms with Crippen molar-refractivity contribution in [2.45, 2.75) is 58.6 Å². The van der Waals surface area contributed by atoms with E-state index in [1.807, 2.05) is 32.6 Å². The number of nitrogens with zero attached hydrogens (tertiary/aromatic N) is 1. The quantitative estimate of drug-likeness (QED) is 0.808. The molecule has 0 aromatic heterocycles. The highest BCUT2D eigenvalue weighted by Gasteiger charge is 2.31. The van der Waals surface area contributed by atoms with Crippen LogP contribution in [0.3, 0.4) is 0 Å². The molecule has 0 saturated carbocycles. The number of carbonyl (C=O) groups is 1. The lowest BCUT2D eigenvalue weighted by atomic mass is 10.1. The maximum absolute atomic E-state index is 13.5. The van der Waals surface area contributed by atoms with Gasteiger partial charge >= 0.3 is 6.09 Å². The molecule has 4 nitrogen and oxygen atoms in total. The molecule has 0 radical (unpaired) electrons. The van der Waals surface area contributed by atoms with E-state index in [2.05, 4.69) is 11.9 Å². The summed E-state index contributed by atoms with van der Waals surface area (Å²) in [5.74, 6) is -0.274. The van der Waals surface area contributed by atoms with Crippen LogP contribution in [-0.2, 0) is 4.74 Å². The fourth-order valence-electron chi connectivity index (χ4n) is 3.11. The van der Waals surface area contributed by atoms with Gasteiger partial charge in [-0.25, -0.2) is 9.18 Å². The number of benzene rings is 1. The van der Waals surface area contributed by atoms with Gasteiger partial charge in [0.15, 0.2) is 0 Å². The summed E-state index contributed by atoms with van der Waals surface area (Å²) in [5, 5.41) is 3.29. The van der Waals surface area contributed by atoms with Gasteiger partial charge in [-0.1, -0.05) is 6.58 Å². The van der Waals surface area contributed by atoms with Crippen molar-refractivity contribution >= 4 is 17.4 Å². The molecule has 1 fully saturated rings. The van der Waals surface area contributed by atoms with Crippen molar-refractivity contribution in [3.8, 4) is 0 Å². The molecule has 0 aliphatic carbocycles. The third kappa shape index (κ3) is 5.48. The van der Waals surface area contributed by atoms with Crippen molar-refractivity contribution in [2.75, 3.05) is 18.4 Å². The molecular weight excluding hydrogens is 319 g/mol. The predicted octanol–water partition coefficient (Wildman–Crippen LogP) is 5.06. The Balaban J connectivity index is 1.94. The fourth-order valence-corrected chi connectivity index (χ4v) is 3.11. The number of anilines is 1. The minimum Gasteiger partial charge on any atom is -0.444 e. The van der Waals surface area contributed by atoms with Crippen molar-refractivity contribution in [2.24, 2.45) is 0 Å². The van der Waals surface area contributed by atoms with E-state index in [0.717, 1.165) is 42.6 Å². The highest BCUT2D eigenvalue weighted by molar-refractivity contribution is 5.74. The highest BCUT2D eigenvalue weighted by atomic mass is 19.1. The maximum atomic E-state index is 13.5. The second-order valence-corrected chi connectivity index (χ2v) is 7.66. The van der Waals surface area contributed by atoms with Gasteiger partial charge in [0.25, 0.3) is 0 Å². The van der Waals surface area contributed by atoms with Crippen molar-refractivity contribution in [1.29, 1.82) is 0 Å². The maximum Gasteiger partial charge on any atom is 0.410 e. The Bertz CT molecular complexity index is 637. The van der Waals surface area contributed by atoms with Crippen LogP contribution in [0, 0.1) is 5.82 Å². The molecule has 1 aliphatic rings. The van der Waals surface area contributed by atoms with Crippen LogP contribution in [0.15, 0.2) is 24.8 Å². The molecule has 1 aromatic rings. The van der Waals surface area contributed by atoms with Gasteiger partial charge in [-0.15, -0.1) is 0 Å². The largest absolute Gasteiger partial charge is 0.444 e. The van der Waals surface area contributed by atoms with Gasteiger partial charge in [-0.2, -0.15) is 0 Å². The molecular formula is C20H29FN2O2. The molecule has 0 spiro atoms. The summed E-state index contributed by atoms with van der Waals surface area (Å²) in [7, 11) is 0. The Morgan fingerprint density at radius 1 is 1.44 bits per heavy atom. The first-order chi connectivity index (χ1) is 11.7. The van der Waals surface area contributed by atoms with Gasteiger partial charge in [0.05, 0.1) is 0 Å². The highest BCUT2D eigenvalue weighted by Crippen LogP contribution is 2.26. The molecule has 5 heteroatoms. The number of ether oxygens (including phenoxy) is 1. The van der Waals surface area contributed by atoms with Crippen molar-refractivity contribution in [1.82, 2.24) is 4.90 Å². The van der Waals surface area contributed by atoms with Crippen LogP contribution in [0.2, 0.25) is 0 Å². The monoisotopic (exact) mass is 348 g/mol. The summed E-state index contributed by atoms with van der Waals surface area (Å²) in [5.41, 5.74) is 2.06. The number of nitrogens with one attached hydrogen (secondary N) is 1. The van der Waals surface area contributed by atoms with E-state index < -0.39 is 5.60 Å². The third-order valence-electron chi connectivity index (χ3n) is 4.24. The molecule has 25 heavy (non-hydrogen) atoms. The van der Waals surface area contributed by atoms with E-state index >= 15 is 0 Å². The molecule has 1 heterocycles. The van der Waals surface area contributed by atoms with Crippen molar-refractivity contribution in [3.05, 3.63) is 36.2 Å². The van der Waals surface area contributed by atoms with E-state index in [0.29, 0.717) is 6.54 Å². The summed E-state index contributed by atoms with van der Waals surface area (Å²) >= 11 is 0. The Kier molecular flexibility index (Phi) is 6.09. The van der Waals surface area contributed by atoms with Crippen LogP contribution >= 0.6 is 0 Å². The second-order valence-electron chi connectivity index (χ2n) is 7.66. The van der Waals surface area contributed by atoms with Crippen LogP contribution in [0.5, 0.6) is 0 Å². The summed E-state index contributed by atoms with van der Waals surface area (Å²) < 4.78 is 19.0. The minimum absolute atomic E-state index is 0.157. The van der Waals surface area contributed by atoms with Gasteiger partial charge in [-0.05, 0) is 70.7 Å². The SMILES string of the molecule is C=C(C)c1ccc(F)cc1NCCC1CCCN1C(=O)OC(C)(C)C. The normalized spacial score (nSPS) is 17.5. The first-order valence-corrected chi connectivity index (χ1v) is 8.86. The Morgan fingerprint density at radius 3 is 2.80 bits per heavy atom. The zero-order valence-electron chi connectivity index (χ0n) is 15.7. The number of halogens is 1. The van der Waals surface area contributed by atoms with E-state index in [-0.39, 0.29) is 18.0 Å². The molecule has 1 amide bonds. The number of rotatable bonds is 5. The van der Waals surface area contributed by atoms with Crippen LogP contribution in [-0.4, -0.2) is 35.7 Å². The first-order valence-electron chi connectivity index (χ1n) is 8.86. The van der Waals surface area contributed by atoms with E-state index in [1.54, 1.807) is 6.07 Å². The molecule has 1 unspecified atom stereocenters. The average Bonchev–Trinajstić information content (AvgIpc) is 2.94. The molecule has 138 valence electrons. The Labute approximate surface area is 150 Å². The summed E-state index contributed by atoms with van der Waals surface area (Å²) in [6, 6.07) is 4.83. The number of carbonyl (C=O) groups excluding carboxylic acids is 1. The number of likely N-dealkylation sites (tertiary alicyclic amines) is 1. The summed E-state index contributed by atoms with van der Waals surface area (Å²) in [6.07, 6.45) is 2.51. The molecule has 0 bridgehead atoms. The van der Waals surface area contributed by atoms with Gasteiger partial charge in [0.2, 0.25) is 0 Å². The number of hydrogen-bond acceptors (Lipinski definition) is 3. The van der Waals surface area contributed by atoms with Crippen molar-refractivity contribution in [3.63, 3.8) is 0 Å². The van der Waals surface area contributed by atoms with E-state index in [9.17, 15) is 9.18 Å². The Hall–Kier alpha value is -2.04. The standard InChI is InChI=1S/C20H29FN2O2/c1-14(2)17-9-8-15(21)13-18(17)22-11-10-16-7-6-12-23(16)19(24)25-20(3,4)5/h8-9,13,16,22H,1,6-7,10-12H2,2-5H3. The molecule has 1 saturated heterocycles. The number of allylic oxidation sites excluding steroid dienone is 1. The zero-order valence-corrected chi connectivity index (χ0v) is 15.7.